The van der Waals surface area contributed by atoms with Gasteiger partial charge in [0.05, 0.1) is 19.7 Å². The first-order valence-electron chi connectivity index (χ1n) is 8.61. The number of rotatable bonds is 9. The summed E-state index contributed by atoms with van der Waals surface area (Å²) in [4.78, 5) is 30.5. The van der Waals surface area contributed by atoms with Crippen LogP contribution in [0, 0.1) is 6.92 Å². The van der Waals surface area contributed by atoms with Crippen LogP contribution in [0.5, 0.6) is 0 Å². The van der Waals surface area contributed by atoms with Gasteiger partial charge in [-0.3, -0.25) is 9.59 Å². The van der Waals surface area contributed by atoms with E-state index in [0.717, 1.165) is 10.4 Å². The quantitative estimate of drug-likeness (QED) is 0.678. The van der Waals surface area contributed by atoms with Crippen molar-refractivity contribution in [3.8, 4) is 0 Å². The van der Waals surface area contributed by atoms with Crippen LogP contribution in [0.4, 0.5) is 0 Å². The fourth-order valence-electron chi connectivity index (χ4n) is 2.61. The minimum atomic E-state index is -0.123. The van der Waals surface area contributed by atoms with E-state index in [-0.39, 0.29) is 18.4 Å². The lowest BCUT2D eigenvalue weighted by Gasteiger charge is -2.27. The average Bonchev–Trinajstić information content (AvgIpc) is 3.03. The average molecular weight is 375 g/mol. The van der Waals surface area contributed by atoms with Crippen LogP contribution in [0.15, 0.2) is 42.5 Å². The largest absolute Gasteiger partial charge is 0.383 e. The molecule has 1 aromatic heterocycles. The van der Waals surface area contributed by atoms with Gasteiger partial charge in [0, 0.05) is 36.9 Å². The molecule has 0 aliphatic carbocycles. The molecule has 1 heterocycles. The fourth-order valence-corrected chi connectivity index (χ4v) is 3.51. The molecule has 0 aliphatic heterocycles. The molecule has 5 nitrogen and oxygen atoms in total. The van der Waals surface area contributed by atoms with E-state index in [4.69, 9.17) is 4.74 Å². The van der Waals surface area contributed by atoms with E-state index in [2.05, 4.69) is 19.1 Å². The molecule has 140 valence electrons. The zero-order valence-corrected chi connectivity index (χ0v) is 16.4. The Labute approximate surface area is 159 Å². The first kappa shape index (κ1) is 20.1. The van der Waals surface area contributed by atoms with Gasteiger partial charge in [-0.1, -0.05) is 30.3 Å². The minimum absolute atomic E-state index is 0.0637. The number of aryl methyl sites for hydroxylation is 1. The second-order valence-corrected chi connectivity index (χ2v) is 7.55. The Hall–Kier alpha value is -2.18. The van der Waals surface area contributed by atoms with E-state index in [1.54, 1.807) is 18.4 Å². The van der Waals surface area contributed by atoms with Gasteiger partial charge in [-0.2, -0.15) is 0 Å². The van der Waals surface area contributed by atoms with Crippen molar-refractivity contribution in [3.05, 3.63) is 57.8 Å². The van der Waals surface area contributed by atoms with Gasteiger partial charge in [0.1, 0.15) is 0 Å². The highest BCUT2D eigenvalue weighted by atomic mass is 32.1. The second kappa shape index (κ2) is 10.1. The molecule has 26 heavy (non-hydrogen) atoms. The standard InChI is InChI=1S/C20H26N2O3S/c1-16-9-10-19(26-16)14-22(13-18-7-5-4-6-8-18)20(24)15-21(17(2)23)11-12-25-3/h4-10H,11-15H2,1-3H3. The molecule has 0 N–H and O–H groups in total. The lowest BCUT2D eigenvalue weighted by molar-refractivity contribution is -0.140. The van der Waals surface area contributed by atoms with Gasteiger partial charge in [-0.15, -0.1) is 11.3 Å². The van der Waals surface area contributed by atoms with Crippen molar-refractivity contribution >= 4 is 23.2 Å². The Kier molecular flexibility index (Phi) is 7.81. The number of methoxy groups -OCH3 is 1. The first-order valence-corrected chi connectivity index (χ1v) is 9.42. The van der Waals surface area contributed by atoms with Gasteiger partial charge in [0.25, 0.3) is 0 Å². The van der Waals surface area contributed by atoms with Gasteiger partial charge < -0.3 is 14.5 Å². The van der Waals surface area contributed by atoms with Crippen LogP contribution in [0.2, 0.25) is 0 Å². The third kappa shape index (κ3) is 6.28. The number of ether oxygens (including phenoxy) is 1. The number of carbonyl (C=O) groups is 2. The van der Waals surface area contributed by atoms with E-state index in [1.807, 2.05) is 35.2 Å². The predicted octanol–water partition coefficient (Wildman–Crippen LogP) is 3.08. The zero-order chi connectivity index (χ0) is 18.9. The number of nitrogens with zero attached hydrogens (tertiary/aromatic N) is 2. The van der Waals surface area contributed by atoms with E-state index >= 15 is 0 Å². The number of hydrogen-bond donors (Lipinski definition) is 0. The summed E-state index contributed by atoms with van der Waals surface area (Å²) in [5.74, 6) is -0.187. The summed E-state index contributed by atoms with van der Waals surface area (Å²) in [5, 5.41) is 0. The summed E-state index contributed by atoms with van der Waals surface area (Å²) in [5.41, 5.74) is 1.07. The maximum Gasteiger partial charge on any atom is 0.242 e. The zero-order valence-electron chi connectivity index (χ0n) is 15.6. The fraction of sp³-hybridized carbons (Fsp3) is 0.400. The highest BCUT2D eigenvalue weighted by molar-refractivity contribution is 7.11. The minimum Gasteiger partial charge on any atom is -0.383 e. The number of amides is 2. The van der Waals surface area contributed by atoms with Crippen LogP contribution in [0.3, 0.4) is 0 Å². The molecule has 0 saturated carbocycles. The van der Waals surface area contributed by atoms with Crippen molar-refractivity contribution in [3.63, 3.8) is 0 Å². The topological polar surface area (TPSA) is 49.9 Å². The van der Waals surface area contributed by atoms with Crippen LogP contribution in [0.1, 0.15) is 22.2 Å². The molecule has 0 bridgehead atoms. The lowest BCUT2D eigenvalue weighted by atomic mass is 10.2. The molecule has 0 radical (unpaired) electrons. The van der Waals surface area contributed by atoms with Crippen LogP contribution in [-0.2, 0) is 27.4 Å². The van der Waals surface area contributed by atoms with Crippen LogP contribution in [0.25, 0.3) is 0 Å². The summed E-state index contributed by atoms with van der Waals surface area (Å²) in [6.07, 6.45) is 0. The predicted molar refractivity (Wildman–Crippen MR) is 104 cm³/mol. The highest BCUT2D eigenvalue weighted by Crippen LogP contribution is 2.19. The molecule has 0 saturated heterocycles. The van der Waals surface area contributed by atoms with Crippen LogP contribution in [-0.4, -0.2) is 48.4 Å². The molecular weight excluding hydrogens is 348 g/mol. The Morgan fingerprint density at radius 1 is 1.04 bits per heavy atom. The number of benzene rings is 1. The lowest BCUT2D eigenvalue weighted by Crippen LogP contribution is -2.42. The summed E-state index contributed by atoms with van der Waals surface area (Å²) in [7, 11) is 1.58. The van der Waals surface area contributed by atoms with Gasteiger partial charge in [-0.25, -0.2) is 0 Å². The molecule has 2 rings (SSSR count). The summed E-state index contributed by atoms with van der Waals surface area (Å²) in [6.45, 7) is 5.49. The summed E-state index contributed by atoms with van der Waals surface area (Å²) >= 11 is 1.69. The van der Waals surface area contributed by atoms with Crippen molar-refractivity contribution in [1.29, 1.82) is 0 Å². The maximum absolute atomic E-state index is 12.9. The third-order valence-corrected chi connectivity index (χ3v) is 5.03. The molecule has 0 unspecified atom stereocenters. The molecule has 2 amide bonds. The number of thiophene rings is 1. The van der Waals surface area contributed by atoms with Crippen molar-refractivity contribution in [2.75, 3.05) is 26.8 Å². The Balaban J connectivity index is 2.12. The van der Waals surface area contributed by atoms with E-state index < -0.39 is 0 Å². The van der Waals surface area contributed by atoms with Crippen molar-refractivity contribution < 1.29 is 14.3 Å². The van der Waals surface area contributed by atoms with Crippen molar-refractivity contribution in [1.82, 2.24) is 9.80 Å². The van der Waals surface area contributed by atoms with E-state index in [0.29, 0.717) is 26.2 Å². The molecule has 0 aliphatic rings. The normalized spacial score (nSPS) is 10.6. The van der Waals surface area contributed by atoms with E-state index in [1.165, 1.54) is 16.7 Å². The molecule has 0 spiro atoms. The van der Waals surface area contributed by atoms with E-state index in [9.17, 15) is 9.59 Å². The Bertz CT molecular complexity index is 715. The second-order valence-electron chi connectivity index (χ2n) is 6.18. The molecular formula is C20H26N2O3S. The smallest absolute Gasteiger partial charge is 0.242 e. The monoisotopic (exact) mass is 374 g/mol. The van der Waals surface area contributed by atoms with Gasteiger partial charge >= 0.3 is 0 Å². The van der Waals surface area contributed by atoms with Gasteiger partial charge in [0.15, 0.2) is 0 Å². The molecule has 2 aromatic rings. The SMILES string of the molecule is COCCN(CC(=O)N(Cc1ccccc1)Cc1ccc(C)s1)C(C)=O. The maximum atomic E-state index is 12.9. The Morgan fingerprint density at radius 3 is 2.35 bits per heavy atom. The molecule has 0 atom stereocenters. The van der Waals surface area contributed by atoms with Gasteiger partial charge in [0.2, 0.25) is 11.8 Å². The summed E-state index contributed by atoms with van der Waals surface area (Å²) in [6, 6.07) is 14.0. The first-order chi connectivity index (χ1) is 12.5. The number of hydrogen-bond acceptors (Lipinski definition) is 4. The van der Waals surface area contributed by atoms with Crippen molar-refractivity contribution in [2.24, 2.45) is 0 Å². The van der Waals surface area contributed by atoms with Crippen LogP contribution < -0.4 is 0 Å². The molecule has 1 aromatic carbocycles. The number of carbonyl (C=O) groups excluding carboxylic acids is 2. The molecule has 6 heteroatoms. The van der Waals surface area contributed by atoms with Crippen LogP contribution >= 0.6 is 11.3 Å². The van der Waals surface area contributed by atoms with Crippen molar-refractivity contribution in [2.45, 2.75) is 26.9 Å². The third-order valence-electron chi connectivity index (χ3n) is 4.05. The highest BCUT2D eigenvalue weighted by Gasteiger charge is 2.20. The summed E-state index contributed by atoms with van der Waals surface area (Å²) < 4.78 is 5.04. The Morgan fingerprint density at radius 2 is 1.77 bits per heavy atom. The van der Waals surface area contributed by atoms with Gasteiger partial charge in [-0.05, 0) is 24.6 Å². The molecule has 0 fully saturated rings.